The number of nitrogens with zero attached hydrogens (tertiary/aromatic N) is 1. The third kappa shape index (κ3) is 1.51. The average molecular weight is 272 g/mol. The second-order valence-electron chi connectivity index (χ2n) is 6.48. The maximum Gasteiger partial charge on any atom is 0.137 e. The Morgan fingerprint density at radius 1 is 1.30 bits per heavy atom. The maximum absolute atomic E-state index is 12.1. The molecule has 0 aromatic rings. The first-order valence-electron chi connectivity index (χ1n) is 7.62. The highest BCUT2D eigenvalue weighted by Crippen LogP contribution is 2.51. The smallest absolute Gasteiger partial charge is 0.137 e. The van der Waals surface area contributed by atoms with Gasteiger partial charge in [-0.05, 0) is 67.2 Å². The van der Waals surface area contributed by atoms with E-state index in [0.717, 1.165) is 44.4 Å². The zero-order valence-corrected chi connectivity index (χ0v) is 11.8. The van der Waals surface area contributed by atoms with E-state index in [1.165, 1.54) is 22.3 Å². The highest BCUT2D eigenvalue weighted by molar-refractivity contribution is 6.04. The van der Waals surface area contributed by atoms with Gasteiger partial charge >= 0.3 is 0 Å². The van der Waals surface area contributed by atoms with Gasteiger partial charge in [-0.2, -0.15) is 0 Å². The predicted molar refractivity (Wildman–Crippen MR) is 75.8 cm³/mol. The summed E-state index contributed by atoms with van der Waals surface area (Å²) >= 11 is 0. The van der Waals surface area contributed by atoms with Crippen LogP contribution in [0.2, 0.25) is 0 Å². The number of nitrogens with one attached hydrogen (secondary N) is 1. The summed E-state index contributed by atoms with van der Waals surface area (Å²) in [6, 6.07) is 0.481. The summed E-state index contributed by atoms with van der Waals surface area (Å²) < 4.78 is 0. The van der Waals surface area contributed by atoms with Crippen LogP contribution < -0.4 is 5.32 Å². The second-order valence-corrected chi connectivity index (χ2v) is 6.48. The Morgan fingerprint density at radius 3 is 2.90 bits per heavy atom. The molecule has 1 saturated heterocycles. The van der Waals surface area contributed by atoms with Gasteiger partial charge in [0, 0.05) is 18.5 Å². The molecule has 0 bridgehead atoms. The minimum Gasteiger partial charge on any atom is -0.411 e. The molecule has 4 rings (SSSR count). The molecular formula is C16H20N2O2. The van der Waals surface area contributed by atoms with Gasteiger partial charge in [0.2, 0.25) is 0 Å². The number of ketones is 1. The van der Waals surface area contributed by atoms with Crippen LogP contribution in [0.3, 0.4) is 0 Å². The van der Waals surface area contributed by atoms with Crippen LogP contribution in [0, 0.1) is 11.8 Å². The maximum atomic E-state index is 12.1. The lowest BCUT2D eigenvalue weighted by Gasteiger charge is -2.35. The Morgan fingerprint density at radius 2 is 2.15 bits per heavy atom. The van der Waals surface area contributed by atoms with Crippen molar-refractivity contribution in [2.24, 2.45) is 17.0 Å². The van der Waals surface area contributed by atoms with Crippen molar-refractivity contribution >= 4 is 11.5 Å². The summed E-state index contributed by atoms with van der Waals surface area (Å²) in [6.07, 6.45) is 4.80. The molecule has 1 aliphatic heterocycles. The molecule has 1 fully saturated rings. The van der Waals surface area contributed by atoms with E-state index in [1.54, 1.807) is 6.92 Å². The van der Waals surface area contributed by atoms with Gasteiger partial charge in [0.25, 0.3) is 0 Å². The van der Waals surface area contributed by atoms with Gasteiger partial charge in [0.15, 0.2) is 0 Å². The Hall–Kier alpha value is -1.42. The molecule has 3 aliphatic carbocycles. The largest absolute Gasteiger partial charge is 0.411 e. The summed E-state index contributed by atoms with van der Waals surface area (Å²) in [7, 11) is 0. The Kier molecular flexibility index (Phi) is 2.64. The van der Waals surface area contributed by atoms with E-state index in [-0.39, 0.29) is 5.92 Å². The molecule has 0 saturated carbocycles. The topological polar surface area (TPSA) is 61.7 Å². The standard InChI is InChI=1S/C16H20N2O2/c1-8(19)10-2-5-14-15-9(7-17-14)6-12-11(16(10)15)3-4-13(12)18-20/h9-10,14,17,20H,2-7H2,1H3. The zero-order chi connectivity index (χ0) is 13.9. The first-order valence-corrected chi connectivity index (χ1v) is 7.62. The van der Waals surface area contributed by atoms with E-state index >= 15 is 0 Å². The Bertz CT molecular complexity index is 585. The lowest BCUT2D eigenvalue weighted by Crippen LogP contribution is -2.33. The molecule has 2 N–H and O–H groups in total. The van der Waals surface area contributed by atoms with Crippen LogP contribution in [0.25, 0.3) is 0 Å². The SMILES string of the molecule is CC(=O)C1CCC2NCC3CC4=C(CCC4=NO)C1=C32. The molecule has 0 spiro atoms. The number of oxime groups is 1. The van der Waals surface area contributed by atoms with Gasteiger partial charge in [-0.1, -0.05) is 5.16 Å². The molecule has 3 atom stereocenters. The van der Waals surface area contributed by atoms with E-state index in [1.807, 2.05) is 0 Å². The third-order valence-corrected chi connectivity index (χ3v) is 5.54. The predicted octanol–water partition coefficient (Wildman–Crippen LogP) is 2.19. The molecule has 4 heteroatoms. The van der Waals surface area contributed by atoms with Crippen molar-refractivity contribution in [3.63, 3.8) is 0 Å². The molecule has 0 aromatic heterocycles. The zero-order valence-electron chi connectivity index (χ0n) is 11.8. The van der Waals surface area contributed by atoms with Crippen LogP contribution in [0.5, 0.6) is 0 Å². The lowest BCUT2D eigenvalue weighted by atomic mass is 9.68. The number of fused-ring (bicyclic) bond motifs is 1. The fourth-order valence-electron chi connectivity index (χ4n) is 4.72. The highest BCUT2D eigenvalue weighted by atomic mass is 16.4. The molecule has 0 amide bonds. The lowest BCUT2D eigenvalue weighted by molar-refractivity contribution is -0.120. The van der Waals surface area contributed by atoms with Gasteiger partial charge in [0.05, 0.1) is 5.71 Å². The van der Waals surface area contributed by atoms with Gasteiger partial charge < -0.3 is 10.5 Å². The number of hydrogen-bond donors (Lipinski definition) is 2. The van der Waals surface area contributed by atoms with Crippen molar-refractivity contribution in [1.82, 2.24) is 5.32 Å². The normalized spacial score (nSPS) is 37.5. The van der Waals surface area contributed by atoms with Crippen LogP contribution >= 0.6 is 0 Å². The summed E-state index contributed by atoms with van der Waals surface area (Å²) in [6.45, 7) is 2.73. The first-order chi connectivity index (χ1) is 9.70. The van der Waals surface area contributed by atoms with Gasteiger partial charge in [0.1, 0.15) is 5.78 Å². The second kappa shape index (κ2) is 4.29. The number of rotatable bonds is 1. The van der Waals surface area contributed by atoms with Gasteiger partial charge in [-0.3, -0.25) is 4.79 Å². The molecule has 3 unspecified atom stereocenters. The van der Waals surface area contributed by atoms with Crippen LogP contribution in [0.4, 0.5) is 0 Å². The van der Waals surface area contributed by atoms with Crippen molar-refractivity contribution in [1.29, 1.82) is 0 Å². The monoisotopic (exact) mass is 272 g/mol. The highest BCUT2D eigenvalue weighted by Gasteiger charge is 2.45. The first kappa shape index (κ1) is 12.3. The number of carbonyl (C=O) groups is 1. The van der Waals surface area contributed by atoms with Crippen LogP contribution in [0.15, 0.2) is 27.4 Å². The van der Waals surface area contributed by atoms with E-state index < -0.39 is 0 Å². The fourth-order valence-corrected chi connectivity index (χ4v) is 4.72. The Balaban J connectivity index is 1.90. The molecule has 20 heavy (non-hydrogen) atoms. The van der Waals surface area contributed by atoms with E-state index in [4.69, 9.17) is 0 Å². The number of hydrogen-bond acceptors (Lipinski definition) is 4. The molecule has 4 aliphatic rings. The summed E-state index contributed by atoms with van der Waals surface area (Å²) in [5.74, 6) is 0.873. The minimum absolute atomic E-state index is 0.0759. The fraction of sp³-hybridized carbons (Fsp3) is 0.625. The summed E-state index contributed by atoms with van der Waals surface area (Å²) in [5.41, 5.74) is 6.24. The van der Waals surface area contributed by atoms with Crippen molar-refractivity contribution in [2.75, 3.05) is 6.54 Å². The van der Waals surface area contributed by atoms with Crippen molar-refractivity contribution in [3.8, 4) is 0 Å². The molecular weight excluding hydrogens is 252 g/mol. The van der Waals surface area contributed by atoms with E-state index in [0.29, 0.717) is 17.7 Å². The van der Waals surface area contributed by atoms with Crippen molar-refractivity contribution in [3.05, 3.63) is 22.3 Å². The van der Waals surface area contributed by atoms with Crippen LogP contribution in [-0.2, 0) is 4.79 Å². The molecule has 0 aromatic carbocycles. The number of allylic oxidation sites excluding steroid dienone is 3. The third-order valence-electron chi connectivity index (χ3n) is 5.54. The summed E-state index contributed by atoms with van der Waals surface area (Å²) in [4.78, 5) is 12.1. The molecule has 0 radical (unpaired) electrons. The van der Waals surface area contributed by atoms with Crippen LogP contribution in [-0.4, -0.2) is 29.3 Å². The molecule has 4 nitrogen and oxygen atoms in total. The quantitative estimate of drug-likeness (QED) is 0.568. The van der Waals surface area contributed by atoms with Crippen molar-refractivity contribution in [2.45, 2.75) is 45.1 Å². The van der Waals surface area contributed by atoms with Crippen molar-refractivity contribution < 1.29 is 10.0 Å². The molecule has 1 heterocycles. The van der Waals surface area contributed by atoms with E-state index in [9.17, 15) is 10.0 Å². The number of Topliss-reactive ketones (excluding diaryl/α,β-unsaturated/α-hetero) is 1. The van der Waals surface area contributed by atoms with Gasteiger partial charge in [-0.15, -0.1) is 0 Å². The van der Waals surface area contributed by atoms with Gasteiger partial charge in [-0.25, -0.2) is 0 Å². The number of carbonyl (C=O) groups excluding carboxylic acids is 1. The van der Waals surface area contributed by atoms with E-state index in [2.05, 4.69) is 10.5 Å². The molecule has 106 valence electrons. The Labute approximate surface area is 118 Å². The minimum atomic E-state index is 0.0759. The average Bonchev–Trinajstić information content (AvgIpc) is 3.04. The summed E-state index contributed by atoms with van der Waals surface area (Å²) in [5, 5.41) is 16.3. The van der Waals surface area contributed by atoms with Crippen LogP contribution in [0.1, 0.15) is 39.0 Å².